The van der Waals surface area contributed by atoms with Gasteiger partial charge in [-0.25, -0.2) is 0 Å². The molecule has 0 fully saturated rings. The molecule has 1 amide bonds. The van der Waals surface area contributed by atoms with Crippen LogP contribution < -0.4 is 15.8 Å². The Hall–Kier alpha value is -2.50. The predicted molar refractivity (Wildman–Crippen MR) is 69.9 cm³/mol. The van der Waals surface area contributed by atoms with E-state index >= 15 is 0 Å². The fraction of sp³-hybridized carbons (Fsp3) is 0.231. The van der Waals surface area contributed by atoms with Crippen LogP contribution in [0.2, 0.25) is 0 Å². The van der Waals surface area contributed by atoms with Crippen LogP contribution in [0, 0.1) is 6.92 Å². The number of hydrogen-bond acceptors (Lipinski definition) is 5. The topological polar surface area (TPSA) is 90.4 Å². The number of nitrogen functional groups attached to an aromatic ring is 1. The number of hydrogen-bond donors (Lipinski definition) is 2. The van der Waals surface area contributed by atoms with Crippen LogP contribution in [0.15, 0.2) is 35.0 Å². The van der Waals surface area contributed by atoms with Crippen molar-refractivity contribution in [2.24, 2.45) is 0 Å². The van der Waals surface area contributed by atoms with E-state index in [9.17, 15) is 4.79 Å². The van der Waals surface area contributed by atoms with Crippen LogP contribution in [-0.4, -0.2) is 24.2 Å². The number of anilines is 1. The van der Waals surface area contributed by atoms with E-state index in [0.29, 0.717) is 35.9 Å². The largest absolute Gasteiger partial charge is 0.492 e. The van der Waals surface area contributed by atoms with Crippen LogP contribution in [0.25, 0.3) is 0 Å². The number of aromatic nitrogens is 1. The summed E-state index contributed by atoms with van der Waals surface area (Å²) in [6.07, 6.45) is 1.39. The lowest BCUT2D eigenvalue weighted by molar-refractivity contribution is 0.0945. The maximum absolute atomic E-state index is 11.7. The number of nitrogens with zero attached hydrogens (tertiary/aromatic N) is 1. The number of ether oxygens (including phenoxy) is 1. The minimum absolute atomic E-state index is 0.227. The molecule has 0 bridgehead atoms. The summed E-state index contributed by atoms with van der Waals surface area (Å²) in [5.41, 5.74) is 6.70. The third-order valence-corrected chi connectivity index (χ3v) is 2.51. The standard InChI is InChI=1S/C13H15N3O3/c1-9-12(8-16-19-9)13(17)15-5-6-18-11-4-2-3-10(14)7-11/h2-4,7-8H,5-6,14H2,1H3,(H,15,17). The minimum Gasteiger partial charge on any atom is -0.492 e. The molecule has 0 saturated heterocycles. The number of benzene rings is 1. The first-order valence-corrected chi connectivity index (χ1v) is 5.84. The fourth-order valence-corrected chi connectivity index (χ4v) is 1.55. The Morgan fingerprint density at radius 2 is 2.37 bits per heavy atom. The molecular formula is C13H15N3O3. The quantitative estimate of drug-likeness (QED) is 0.626. The molecule has 0 aliphatic carbocycles. The molecule has 0 spiro atoms. The van der Waals surface area contributed by atoms with Gasteiger partial charge in [-0.15, -0.1) is 0 Å². The third kappa shape index (κ3) is 3.48. The van der Waals surface area contributed by atoms with Gasteiger partial charge in [0, 0.05) is 11.8 Å². The summed E-state index contributed by atoms with van der Waals surface area (Å²) in [6, 6.07) is 7.13. The first-order valence-electron chi connectivity index (χ1n) is 5.84. The number of carbonyl (C=O) groups is 1. The van der Waals surface area contributed by atoms with E-state index in [0.717, 1.165) is 0 Å². The monoisotopic (exact) mass is 261 g/mol. The second-order valence-electron chi connectivity index (χ2n) is 3.97. The van der Waals surface area contributed by atoms with E-state index in [1.165, 1.54) is 6.20 Å². The lowest BCUT2D eigenvalue weighted by Crippen LogP contribution is -2.28. The zero-order valence-corrected chi connectivity index (χ0v) is 10.6. The van der Waals surface area contributed by atoms with E-state index in [2.05, 4.69) is 10.5 Å². The second kappa shape index (κ2) is 5.90. The van der Waals surface area contributed by atoms with Gasteiger partial charge in [-0.2, -0.15) is 0 Å². The van der Waals surface area contributed by atoms with Gasteiger partial charge in [0.15, 0.2) is 0 Å². The highest BCUT2D eigenvalue weighted by Gasteiger charge is 2.11. The first kappa shape index (κ1) is 12.9. The molecule has 2 aromatic rings. The van der Waals surface area contributed by atoms with Crippen LogP contribution in [0.3, 0.4) is 0 Å². The van der Waals surface area contributed by atoms with Gasteiger partial charge in [0.25, 0.3) is 5.91 Å². The highest BCUT2D eigenvalue weighted by Crippen LogP contribution is 2.13. The van der Waals surface area contributed by atoms with Crippen LogP contribution >= 0.6 is 0 Å². The third-order valence-electron chi connectivity index (χ3n) is 2.51. The normalized spacial score (nSPS) is 10.2. The molecule has 19 heavy (non-hydrogen) atoms. The van der Waals surface area contributed by atoms with Crippen LogP contribution in [0.5, 0.6) is 5.75 Å². The lowest BCUT2D eigenvalue weighted by Gasteiger charge is -2.07. The molecule has 0 aliphatic rings. The van der Waals surface area contributed by atoms with Gasteiger partial charge >= 0.3 is 0 Å². The summed E-state index contributed by atoms with van der Waals surface area (Å²) >= 11 is 0. The van der Waals surface area contributed by atoms with Crippen molar-refractivity contribution >= 4 is 11.6 Å². The number of amides is 1. The molecule has 0 atom stereocenters. The van der Waals surface area contributed by atoms with Crippen molar-refractivity contribution < 1.29 is 14.1 Å². The highest BCUT2D eigenvalue weighted by atomic mass is 16.5. The summed E-state index contributed by atoms with van der Waals surface area (Å²) in [6.45, 7) is 2.43. The summed E-state index contributed by atoms with van der Waals surface area (Å²) in [5.74, 6) is 0.944. The molecule has 6 nitrogen and oxygen atoms in total. The molecule has 0 aliphatic heterocycles. The average molecular weight is 261 g/mol. The summed E-state index contributed by atoms with van der Waals surface area (Å²) in [4.78, 5) is 11.7. The summed E-state index contributed by atoms with van der Waals surface area (Å²) in [7, 11) is 0. The van der Waals surface area contributed by atoms with E-state index in [1.807, 2.05) is 12.1 Å². The van der Waals surface area contributed by atoms with Crippen molar-refractivity contribution in [3.63, 3.8) is 0 Å². The van der Waals surface area contributed by atoms with E-state index in [-0.39, 0.29) is 5.91 Å². The van der Waals surface area contributed by atoms with Gasteiger partial charge < -0.3 is 20.3 Å². The predicted octanol–water partition coefficient (Wildman–Crippen LogP) is 1.37. The molecule has 0 saturated carbocycles. The molecule has 1 aromatic carbocycles. The smallest absolute Gasteiger partial charge is 0.256 e. The van der Waals surface area contributed by atoms with Gasteiger partial charge in [0.1, 0.15) is 23.7 Å². The van der Waals surface area contributed by atoms with Gasteiger partial charge in [-0.05, 0) is 19.1 Å². The van der Waals surface area contributed by atoms with Crippen molar-refractivity contribution in [2.45, 2.75) is 6.92 Å². The maximum Gasteiger partial charge on any atom is 0.256 e. The molecule has 0 radical (unpaired) electrons. The van der Waals surface area contributed by atoms with Crippen molar-refractivity contribution in [3.8, 4) is 5.75 Å². The SMILES string of the molecule is Cc1oncc1C(=O)NCCOc1cccc(N)c1. The Bertz CT molecular complexity index is 566. The van der Waals surface area contributed by atoms with Crippen molar-refractivity contribution in [1.82, 2.24) is 10.5 Å². The molecule has 6 heteroatoms. The van der Waals surface area contributed by atoms with E-state index in [1.54, 1.807) is 19.1 Å². The van der Waals surface area contributed by atoms with Crippen LogP contribution in [0.4, 0.5) is 5.69 Å². The van der Waals surface area contributed by atoms with Gasteiger partial charge in [0.05, 0.1) is 12.7 Å². The zero-order valence-electron chi connectivity index (χ0n) is 10.6. The van der Waals surface area contributed by atoms with Gasteiger partial charge in [0.2, 0.25) is 0 Å². The summed E-state index contributed by atoms with van der Waals surface area (Å²) < 4.78 is 10.3. The maximum atomic E-state index is 11.7. The minimum atomic E-state index is -0.227. The van der Waals surface area contributed by atoms with E-state index < -0.39 is 0 Å². The Balaban J connectivity index is 1.75. The Morgan fingerprint density at radius 1 is 1.53 bits per heavy atom. The van der Waals surface area contributed by atoms with E-state index in [4.69, 9.17) is 15.0 Å². The van der Waals surface area contributed by atoms with Crippen LogP contribution in [0.1, 0.15) is 16.1 Å². The molecule has 3 N–H and O–H groups in total. The Kier molecular flexibility index (Phi) is 4.02. The average Bonchev–Trinajstić information content (AvgIpc) is 2.81. The second-order valence-corrected chi connectivity index (χ2v) is 3.97. The first-order chi connectivity index (χ1) is 9.16. The lowest BCUT2D eigenvalue weighted by atomic mass is 10.2. The van der Waals surface area contributed by atoms with Crippen molar-refractivity contribution in [1.29, 1.82) is 0 Å². The number of aryl methyl sites for hydroxylation is 1. The number of carbonyl (C=O) groups excluding carboxylic acids is 1. The van der Waals surface area contributed by atoms with Gasteiger partial charge in [-0.3, -0.25) is 4.79 Å². The number of nitrogens with two attached hydrogens (primary N) is 1. The number of nitrogens with one attached hydrogen (secondary N) is 1. The van der Waals surface area contributed by atoms with Crippen molar-refractivity contribution in [2.75, 3.05) is 18.9 Å². The van der Waals surface area contributed by atoms with Crippen molar-refractivity contribution in [3.05, 3.63) is 41.8 Å². The molecule has 1 heterocycles. The van der Waals surface area contributed by atoms with Gasteiger partial charge in [-0.1, -0.05) is 11.2 Å². The highest BCUT2D eigenvalue weighted by molar-refractivity contribution is 5.94. The summed E-state index contributed by atoms with van der Waals surface area (Å²) in [5, 5.41) is 6.26. The van der Waals surface area contributed by atoms with Crippen LogP contribution in [-0.2, 0) is 0 Å². The molecule has 1 aromatic heterocycles. The molecule has 2 rings (SSSR count). The fourth-order valence-electron chi connectivity index (χ4n) is 1.55. The number of rotatable bonds is 5. The Labute approximate surface area is 110 Å². The Morgan fingerprint density at radius 3 is 3.05 bits per heavy atom. The molecule has 100 valence electrons. The zero-order chi connectivity index (χ0) is 13.7. The molecular weight excluding hydrogens is 246 g/mol. The molecule has 0 unspecified atom stereocenters.